The number of hydrogen-bond donors (Lipinski definition) is 2. The molecule has 0 unspecified atom stereocenters. The van der Waals surface area contributed by atoms with E-state index in [-0.39, 0.29) is 17.0 Å². The molecule has 3 amide bonds. The van der Waals surface area contributed by atoms with Crippen molar-refractivity contribution >= 4 is 46.4 Å². The average Bonchev–Trinajstić information content (AvgIpc) is 2.80. The molecule has 1 aliphatic rings. The summed E-state index contributed by atoms with van der Waals surface area (Å²) < 4.78 is 5.26. The van der Waals surface area contributed by atoms with E-state index in [9.17, 15) is 14.4 Å². The molecule has 1 aliphatic heterocycles. The van der Waals surface area contributed by atoms with Crippen LogP contribution in [0.1, 0.15) is 16.8 Å². The SMILES string of the molecule is COc1ccccc1NC(=O)C[C@@H]1C(=O)Nc2ccccc2N1C(=O)c1ccccc1Cl. The first-order valence-electron chi connectivity index (χ1n) is 9.90. The maximum Gasteiger partial charge on any atom is 0.260 e. The van der Waals surface area contributed by atoms with Gasteiger partial charge in [-0.1, -0.05) is 48.0 Å². The zero-order chi connectivity index (χ0) is 22.7. The number of carbonyl (C=O) groups is 3. The summed E-state index contributed by atoms with van der Waals surface area (Å²) >= 11 is 6.25. The summed E-state index contributed by atoms with van der Waals surface area (Å²) in [6.07, 6.45) is -0.256. The van der Waals surface area contributed by atoms with Gasteiger partial charge in [0.1, 0.15) is 11.8 Å². The van der Waals surface area contributed by atoms with Crippen LogP contribution in [0, 0.1) is 0 Å². The Morgan fingerprint density at radius 3 is 2.50 bits per heavy atom. The molecule has 162 valence electrons. The van der Waals surface area contributed by atoms with Gasteiger partial charge in [-0.25, -0.2) is 0 Å². The van der Waals surface area contributed by atoms with Crippen LogP contribution in [0.3, 0.4) is 0 Å². The third kappa shape index (κ3) is 4.15. The third-order valence-electron chi connectivity index (χ3n) is 5.12. The number of nitrogens with one attached hydrogen (secondary N) is 2. The molecule has 1 atom stereocenters. The summed E-state index contributed by atoms with van der Waals surface area (Å²) in [5.74, 6) is -0.874. The Labute approximate surface area is 189 Å². The maximum absolute atomic E-state index is 13.5. The van der Waals surface area contributed by atoms with Crippen molar-refractivity contribution in [3.8, 4) is 5.75 Å². The minimum Gasteiger partial charge on any atom is -0.495 e. The summed E-state index contributed by atoms with van der Waals surface area (Å²) in [4.78, 5) is 40.6. The predicted molar refractivity (Wildman–Crippen MR) is 123 cm³/mol. The van der Waals surface area contributed by atoms with Crippen LogP contribution in [-0.4, -0.2) is 30.9 Å². The molecule has 0 fully saturated rings. The molecule has 0 aromatic heterocycles. The molecule has 0 saturated carbocycles. The van der Waals surface area contributed by atoms with E-state index in [0.717, 1.165) is 0 Å². The highest BCUT2D eigenvalue weighted by molar-refractivity contribution is 6.35. The number of ether oxygens (including phenoxy) is 1. The van der Waals surface area contributed by atoms with E-state index in [4.69, 9.17) is 16.3 Å². The van der Waals surface area contributed by atoms with Gasteiger partial charge in [0.15, 0.2) is 0 Å². The maximum atomic E-state index is 13.5. The van der Waals surface area contributed by atoms with Gasteiger partial charge in [0.25, 0.3) is 5.91 Å². The highest BCUT2D eigenvalue weighted by Gasteiger charge is 2.39. The minimum atomic E-state index is -1.07. The molecule has 0 bridgehead atoms. The van der Waals surface area contributed by atoms with Crippen molar-refractivity contribution in [3.63, 3.8) is 0 Å². The highest BCUT2D eigenvalue weighted by Crippen LogP contribution is 2.35. The Hall–Kier alpha value is -3.84. The Morgan fingerprint density at radius 1 is 1.03 bits per heavy atom. The smallest absolute Gasteiger partial charge is 0.260 e. The Bertz CT molecular complexity index is 1200. The van der Waals surface area contributed by atoms with Crippen LogP contribution in [0.4, 0.5) is 17.1 Å². The van der Waals surface area contributed by atoms with Crippen molar-refractivity contribution in [2.45, 2.75) is 12.5 Å². The second kappa shape index (κ2) is 9.11. The van der Waals surface area contributed by atoms with Crippen molar-refractivity contribution in [2.75, 3.05) is 22.6 Å². The average molecular weight is 450 g/mol. The molecule has 3 aromatic rings. The van der Waals surface area contributed by atoms with Crippen molar-refractivity contribution in [1.82, 2.24) is 0 Å². The largest absolute Gasteiger partial charge is 0.495 e. The van der Waals surface area contributed by atoms with Gasteiger partial charge in [-0.3, -0.25) is 19.3 Å². The first kappa shape index (κ1) is 21.4. The lowest BCUT2D eigenvalue weighted by Gasteiger charge is -2.36. The number of hydrogen-bond acceptors (Lipinski definition) is 4. The molecule has 0 radical (unpaired) electrons. The summed E-state index contributed by atoms with van der Waals surface area (Å²) in [6.45, 7) is 0. The van der Waals surface area contributed by atoms with Crippen LogP contribution in [-0.2, 0) is 9.59 Å². The van der Waals surface area contributed by atoms with Gasteiger partial charge in [0, 0.05) is 0 Å². The number of methoxy groups -OCH3 is 1. The molecule has 0 aliphatic carbocycles. The zero-order valence-electron chi connectivity index (χ0n) is 17.2. The normalized spacial score (nSPS) is 14.9. The quantitative estimate of drug-likeness (QED) is 0.606. The van der Waals surface area contributed by atoms with E-state index in [1.807, 2.05) is 0 Å². The lowest BCUT2D eigenvalue weighted by atomic mass is 10.0. The zero-order valence-corrected chi connectivity index (χ0v) is 17.9. The Morgan fingerprint density at radius 2 is 1.72 bits per heavy atom. The van der Waals surface area contributed by atoms with Crippen LogP contribution in [0.2, 0.25) is 5.02 Å². The van der Waals surface area contributed by atoms with Crippen LogP contribution >= 0.6 is 11.6 Å². The number of benzene rings is 3. The summed E-state index contributed by atoms with van der Waals surface area (Å²) in [6, 6.07) is 19.4. The summed E-state index contributed by atoms with van der Waals surface area (Å²) in [5, 5.41) is 5.80. The molecule has 2 N–H and O–H groups in total. The van der Waals surface area contributed by atoms with Crippen LogP contribution in [0.5, 0.6) is 5.75 Å². The lowest BCUT2D eigenvalue weighted by molar-refractivity contribution is -0.122. The molecule has 7 nitrogen and oxygen atoms in total. The number of fused-ring (bicyclic) bond motifs is 1. The van der Waals surface area contributed by atoms with E-state index in [1.165, 1.54) is 12.0 Å². The van der Waals surface area contributed by atoms with E-state index in [1.54, 1.807) is 72.8 Å². The van der Waals surface area contributed by atoms with Crippen LogP contribution < -0.4 is 20.3 Å². The fraction of sp³-hybridized carbons (Fsp3) is 0.125. The number of amides is 3. The van der Waals surface area contributed by atoms with Crippen molar-refractivity contribution < 1.29 is 19.1 Å². The Balaban J connectivity index is 1.67. The van der Waals surface area contributed by atoms with Gasteiger partial charge in [-0.2, -0.15) is 0 Å². The van der Waals surface area contributed by atoms with Gasteiger partial charge >= 0.3 is 0 Å². The number of anilines is 3. The molecule has 0 spiro atoms. The summed E-state index contributed by atoms with van der Waals surface area (Å²) in [7, 11) is 1.50. The predicted octanol–water partition coefficient (Wildman–Crippen LogP) is 4.34. The molecule has 32 heavy (non-hydrogen) atoms. The topological polar surface area (TPSA) is 87.7 Å². The number of para-hydroxylation sites is 4. The van der Waals surface area contributed by atoms with Crippen LogP contribution in [0.25, 0.3) is 0 Å². The lowest BCUT2D eigenvalue weighted by Crippen LogP contribution is -2.52. The fourth-order valence-corrected chi connectivity index (χ4v) is 3.83. The molecule has 3 aromatic carbocycles. The van der Waals surface area contributed by atoms with Crippen LogP contribution in [0.15, 0.2) is 72.8 Å². The minimum absolute atomic E-state index is 0.244. The van der Waals surface area contributed by atoms with E-state index >= 15 is 0 Å². The van der Waals surface area contributed by atoms with E-state index in [2.05, 4.69) is 10.6 Å². The first-order chi connectivity index (χ1) is 15.5. The van der Waals surface area contributed by atoms with Gasteiger partial charge < -0.3 is 15.4 Å². The van der Waals surface area contributed by atoms with Gasteiger partial charge in [0.05, 0.1) is 41.2 Å². The standard InChI is InChI=1S/C24H20ClN3O4/c1-32-21-13-7-5-11-18(21)26-22(29)14-20-23(30)27-17-10-4-6-12-19(17)28(20)24(31)15-8-2-3-9-16(15)25/h2-13,20H,14H2,1H3,(H,26,29)(H,27,30)/t20-/m1/s1. The molecule has 0 saturated heterocycles. The first-order valence-corrected chi connectivity index (χ1v) is 10.3. The van der Waals surface area contributed by atoms with E-state index < -0.39 is 23.8 Å². The van der Waals surface area contributed by atoms with Crippen molar-refractivity contribution in [2.24, 2.45) is 0 Å². The van der Waals surface area contributed by atoms with Gasteiger partial charge in [-0.15, -0.1) is 0 Å². The van der Waals surface area contributed by atoms with Crippen molar-refractivity contribution in [1.29, 1.82) is 0 Å². The number of halogens is 1. The van der Waals surface area contributed by atoms with Crippen molar-refractivity contribution in [3.05, 3.63) is 83.4 Å². The number of nitrogens with zero attached hydrogens (tertiary/aromatic N) is 1. The monoisotopic (exact) mass is 449 g/mol. The molecular formula is C24H20ClN3O4. The summed E-state index contributed by atoms with van der Waals surface area (Å²) in [5.41, 5.74) is 1.70. The fourth-order valence-electron chi connectivity index (χ4n) is 3.61. The number of carbonyl (C=O) groups excluding carboxylic acids is 3. The molecular weight excluding hydrogens is 430 g/mol. The molecule has 4 rings (SSSR count). The molecule has 1 heterocycles. The van der Waals surface area contributed by atoms with Gasteiger partial charge in [0.2, 0.25) is 11.8 Å². The molecule has 8 heteroatoms. The second-order valence-electron chi connectivity index (χ2n) is 7.13. The highest BCUT2D eigenvalue weighted by atomic mass is 35.5. The van der Waals surface area contributed by atoms with Gasteiger partial charge in [-0.05, 0) is 36.4 Å². The third-order valence-corrected chi connectivity index (χ3v) is 5.45. The Kier molecular flexibility index (Phi) is 6.09. The van der Waals surface area contributed by atoms with E-state index in [0.29, 0.717) is 22.8 Å². The number of rotatable bonds is 5. The second-order valence-corrected chi connectivity index (χ2v) is 7.54.